The fourth-order valence-corrected chi connectivity index (χ4v) is 4.72. The van der Waals surface area contributed by atoms with Crippen LogP contribution in [0.15, 0.2) is 60.7 Å². The Kier molecular flexibility index (Phi) is 7.49. The average molecular weight is 472 g/mol. The van der Waals surface area contributed by atoms with E-state index in [9.17, 15) is 14.4 Å². The number of aryl methyl sites for hydroxylation is 1. The van der Waals surface area contributed by atoms with Gasteiger partial charge in [0.2, 0.25) is 11.8 Å². The van der Waals surface area contributed by atoms with Gasteiger partial charge in [-0.05, 0) is 49.8 Å². The number of hydrogen-bond acceptors (Lipinski definition) is 3. The summed E-state index contributed by atoms with van der Waals surface area (Å²) in [6, 6.07) is 19.1. The number of hydrogen-bond donors (Lipinski definition) is 1. The summed E-state index contributed by atoms with van der Waals surface area (Å²) in [5, 5.41) is 4.93. The first-order chi connectivity index (χ1) is 16.9. The van der Waals surface area contributed by atoms with Crippen molar-refractivity contribution in [1.29, 1.82) is 0 Å². The number of nitrogens with zero attached hydrogens (tertiary/aromatic N) is 2. The summed E-state index contributed by atoms with van der Waals surface area (Å²) in [5.74, 6) is -0.258. The fraction of sp³-hybridized carbons (Fsp3) is 0.345. The lowest BCUT2D eigenvalue weighted by Crippen LogP contribution is -2.47. The standard InChI is InChI=1S/C29H33N3O3/c1-4-16-30-28(34)21(3)32(19-22-10-5-9-20(2)18-22)26(33)15-8-17-31-25-14-7-12-23-11-6-13-24(27(23)25)29(31)35/h5-7,9-14,18,21H,4,8,15-17,19H2,1-3H3,(H,30,34)/t21-/m1/s1. The molecule has 35 heavy (non-hydrogen) atoms. The summed E-state index contributed by atoms with van der Waals surface area (Å²) in [4.78, 5) is 42.5. The number of anilines is 1. The van der Waals surface area contributed by atoms with Crippen LogP contribution in [-0.2, 0) is 16.1 Å². The van der Waals surface area contributed by atoms with Crippen LogP contribution in [0.5, 0.6) is 0 Å². The van der Waals surface area contributed by atoms with E-state index >= 15 is 0 Å². The van der Waals surface area contributed by atoms with Gasteiger partial charge in [0.15, 0.2) is 0 Å². The molecular formula is C29H33N3O3. The first kappa shape index (κ1) is 24.5. The zero-order chi connectivity index (χ0) is 24.9. The van der Waals surface area contributed by atoms with Crippen LogP contribution in [0.25, 0.3) is 10.8 Å². The van der Waals surface area contributed by atoms with Crippen molar-refractivity contribution in [1.82, 2.24) is 10.2 Å². The van der Waals surface area contributed by atoms with E-state index in [0.717, 1.165) is 34.0 Å². The lowest BCUT2D eigenvalue weighted by atomic mass is 10.1. The van der Waals surface area contributed by atoms with Crippen LogP contribution in [-0.4, -0.2) is 41.8 Å². The Morgan fingerprint density at radius 3 is 2.54 bits per heavy atom. The van der Waals surface area contributed by atoms with E-state index in [0.29, 0.717) is 31.6 Å². The van der Waals surface area contributed by atoms with Gasteiger partial charge in [0, 0.05) is 37.0 Å². The minimum atomic E-state index is -0.582. The summed E-state index contributed by atoms with van der Waals surface area (Å²) in [6.07, 6.45) is 1.61. The van der Waals surface area contributed by atoms with E-state index in [-0.39, 0.29) is 24.1 Å². The Balaban J connectivity index is 1.45. The number of benzene rings is 3. The normalized spacial score (nSPS) is 13.2. The number of carbonyl (C=O) groups excluding carboxylic acids is 3. The van der Waals surface area contributed by atoms with Gasteiger partial charge in [-0.1, -0.05) is 61.0 Å². The maximum atomic E-state index is 13.4. The van der Waals surface area contributed by atoms with Crippen LogP contribution in [0, 0.1) is 6.92 Å². The topological polar surface area (TPSA) is 69.7 Å². The lowest BCUT2D eigenvalue weighted by Gasteiger charge is -2.29. The van der Waals surface area contributed by atoms with E-state index < -0.39 is 6.04 Å². The highest BCUT2D eigenvalue weighted by atomic mass is 16.2. The van der Waals surface area contributed by atoms with Crippen molar-refractivity contribution >= 4 is 34.2 Å². The second-order valence-electron chi connectivity index (χ2n) is 9.22. The highest BCUT2D eigenvalue weighted by molar-refractivity contribution is 6.25. The van der Waals surface area contributed by atoms with Crippen LogP contribution in [0.4, 0.5) is 5.69 Å². The Hall–Kier alpha value is -3.67. The van der Waals surface area contributed by atoms with Crippen molar-refractivity contribution in [2.75, 3.05) is 18.0 Å². The molecule has 3 amide bonds. The number of amides is 3. The van der Waals surface area contributed by atoms with Crippen molar-refractivity contribution in [3.8, 4) is 0 Å². The Labute approximate surface area is 206 Å². The Morgan fingerprint density at radius 2 is 1.80 bits per heavy atom. The SMILES string of the molecule is CCCNC(=O)[C@@H](C)N(Cc1cccc(C)c1)C(=O)CCCN1C(=O)c2cccc3cccc1c23. The van der Waals surface area contributed by atoms with Crippen LogP contribution >= 0.6 is 0 Å². The molecule has 6 nitrogen and oxygen atoms in total. The van der Waals surface area contributed by atoms with Crippen molar-refractivity contribution in [3.05, 3.63) is 77.4 Å². The minimum absolute atomic E-state index is 0.0202. The first-order valence-corrected chi connectivity index (χ1v) is 12.4. The van der Waals surface area contributed by atoms with E-state index in [1.807, 2.05) is 74.5 Å². The smallest absolute Gasteiger partial charge is 0.258 e. The van der Waals surface area contributed by atoms with E-state index in [4.69, 9.17) is 0 Å². The predicted octanol–water partition coefficient (Wildman–Crippen LogP) is 4.83. The van der Waals surface area contributed by atoms with Gasteiger partial charge in [0.25, 0.3) is 5.91 Å². The number of nitrogens with one attached hydrogen (secondary N) is 1. The molecule has 0 spiro atoms. The van der Waals surface area contributed by atoms with Gasteiger partial charge in [0.05, 0.1) is 5.69 Å². The minimum Gasteiger partial charge on any atom is -0.354 e. The Bertz CT molecular complexity index is 1250. The molecule has 1 aliphatic heterocycles. The summed E-state index contributed by atoms with van der Waals surface area (Å²) in [6.45, 7) is 7.19. The zero-order valence-corrected chi connectivity index (χ0v) is 20.7. The van der Waals surface area contributed by atoms with Crippen LogP contribution in [0.1, 0.15) is 54.6 Å². The van der Waals surface area contributed by atoms with Crippen LogP contribution in [0.3, 0.4) is 0 Å². The molecule has 0 aliphatic carbocycles. The summed E-state index contributed by atoms with van der Waals surface area (Å²) in [5.41, 5.74) is 3.72. The number of rotatable bonds is 10. The Morgan fingerprint density at radius 1 is 1.06 bits per heavy atom. The van der Waals surface area contributed by atoms with Gasteiger partial charge in [-0.15, -0.1) is 0 Å². The van der Waals surface area contributed by atoms with E-state index in [1.54, 1.807) is 16.7 Å². The maximum absolute atomic E-state index is 13.4. The monoisotopic (exact) mass is 471 g/mol. The molecule has 1 heterocycles. The molecule has 4 rings (SSSR count). The summed E-state index contributed by atoms with van der Waals surface area (Å²) >= 11 is 0. The summed E-state index contributed by atoms with van der Waals surface area (Å²) in [7, 11) is 0. The second-order valence-corrected chi connectivity index (χ2v) is 9.22. The van der Waals surface area contributed by atoms with Gasteiger partial charge >= 0.3 is 0 Å². The maximum Gasteiger partial charge on any atom is 0.258 e. The van der Waals surface area contributed by atoms with Gasteiger partial charge < -0.3 is 15.1 Å². The second kappa shape index (κ2) is 10.7. The third-order valence-electron chi connectivity index (χ3n) is 6.57. The third-order valence-corrected chi connectivity index (χ3v) is 6.57. The fourth-order valence-electron chi connectivity index (χ4n) is 4.72. The zero-order valence-electron chi connectivity index (χ0n) is 20.7. The molecule has 3 aromatic rings. The molecule has 6 heteroatoms. The number of carbonyl (C=O) groups is 3. The molecule has 0 saturated carbocycles. The van der Waals surface area contributed by atoms with E-state index in [1.165, 1.54) is 0 Å². The molecule has 0 fully saturated rings. The van der Waals surface area contributed by atoms with Crippen molar-refractivity contribution < 1.29 is 14.4 Å². The molecule has 182 valence electrons. The van der Waals surface area contributed by atoms with E-state index in [2.05, 4.69) is 5.32 Å². The quantitative estimate of drug-likeness (QED) is 0.460. The highest BCUT2D eigenvalue weighted by Gasteiger charge is 2.30. The van der Waals surface area contributed by atoms with Crippen molar-refractivity contribution in [2.24, 2.45) is 0 Å². The van der Waals surface area contributed by atoms with Crippen molar-refractivity contribution in [3.63, 3.8) is 0 Å². The highest BCUT2D eigenvalue weighted by Crippen LogP contribution is 2.37. The first-order valence-electron chi connectivity index (χ1n) is 12.4. The van der Waals surface area contributed by atoms with Gasteiger partial charge in [-0.2, -0.15) is 0 Å². The molecule has 0 bridgehead atoms. The molecular weight excluding hydrogens is 438 g/mol. The molecule has 1 aliphatic rings. The lowest BCUT2D eigenvalue weighted by molar-refractivity contribution is -0.140. The van der Waals surface area contributed by atoms with Crippen molar-refractivity contribution in [2.45, 2.75) is 52.6 Å². The van der Waals surface area contributed by atoms with Gasteiger partial charge in [0.1, 0.15) is 6.04 Å². The molecule has 1 N–H and O–H groups in total. The average Bonchev–Trinajstić information content (AvgIpc) is 3.13. The molecule has 1 atom stereocenters. The van der Waals surface area contributed by atoms with Gasteiger partial charge in [-0.3, -0.25) is 14.4 Å². The largest absolute Gasteiger partial charge is 0.354 e. The predicted molar refractivity (Wildman–Crippen MR) is 139 cm³/mol. The van der Waals surface area contributed by atoms with Gasteiger partial charge in [-0.25, -0.2) is 0 Å². The third kappa shape index (κ3) is 5.21. The molecule has 0 unspecified atom stereocenters. The molecule has 0 aromatic heterocycles. The molecule has 0 radical (unpaired) electrons. The summed E-state index contributed by atoms with van der Waals surface area (Å²) < 4.78 is 0. The van der Waals surface area contributed by atoms with Crippen LogP contribution in [0.2, 0.25) is 0 Å². The molecule has 0 saturated heterocycles. The molecule has 3 aromatic carbocycles. The van der Waals surface area contributed by atoms with Crippen LogP contribution < -0.4 is 10.2 Å².